The van der Waals surface area contributed by atoms with Crippen molar-refractivity contribution < 1.29 is 18.5 Å². The minimum atomic E-state index is -3.62. The minimum absolute atomic E-state index is 0.0679. The number of carbonyl (C=O) groups excluding carboxylic acids is 1. The maximum Gasteiger partial charge on any atom is 0.354 e. The molecule has 0 fully saturated rings. The minimum Gasteiger partial charge on any atom is -0.481 e. The number of ether oxygens (including phenoxy) is 2. The van der Waals surface area contributed by atoms with E-state index in [2.05, 4.69) is 19.8 Å². The second-order valence-electron chi connectivity index (χ2n) is 8.29. The van der Waals surface area contributed by atoms with Gasteiger partial charge in [-0.25, -0.2) is 23.8 Å². The monoisotopic (exact) mass is 490 g/mol. The van der Waals surface area contributed by atoms with Crippen LogP contribution in [0.15, 0.2) is 52.0 Å². The summed E-state index contributed by atoms with van der Waals surface area (Å²) in [5.41, 5.74) is 1.58. The van der Waals surface area contributed by atoms with E-state index in [0.717, 1.165) is 5.56 Å². The highest BCUT2D eigenvalue weighted by atomic mass is 35.5. The van der Waals surface area contributed by atoms with E-state index in [1.807, 2.05) is 13.8 Å². The van der Waals surface area contributed by atoms with Crippen LogP contribution in [0.25, 0.3) is 11.1 Å². The number of urea groups is 1. The van der Waals surface area contributed by atoms with Crippen molar-refractivity contribution in [1.82, 2.24) is 14.8 Å². The van der Waals surface area contributed by atoms with Gasteiger partial charge in [-0.1, -0.05) is 31.5 Å². The molecule has 3 N–H and O–H groups in total. The highest BCUT2D eigenvalue weighted by molar-refractivity contribution is 7.91. The number of benzene rings is 1. The zero-order chi connectivity index (χ0) is 23.8. The lowest BCUT2D eigenvalue weighted by Gasteiger charge is -2.30. The number of hydrogen-bond donors (Lipinski definition) is 2. The Morgan fingerprint density at radius 2 is 2.15 bits per heavy atom. The highest BCUT2D eigenvalue weighted by Crippen LogP contribution is 2.34. The van der Waals surface area contributed by atoms with Crippen molar-refractivity contribution in [3.8, 4) is 22.9 Å². The van der Waals surface area contributed by atoms with Gasteiger partial charge in [0.2, 0.25) is 11.8 Å². The summed E-state index contributed by atoms with van der Waals surface area (Å²) in [5, 5.41) is 13.2. The zero-order valence-corrected chi connectivity index (χ0v) is 19.8. The maximum atomic E-state index is 13.2. The molecule has 10 nitrogen and oxygen atoms in total. The summed E-state index contributed by atoms with van der Waals surface area (Å²) in [7, 11) is -2.11. The Morgan fingerprint density at radius 1 is 1.36 bits per heavy atom. The molecule has 3 aromatic rings. The Hall–Kier alpha value is -3.15. The molecule has 12 heteroatoms. The van der Waals surface area contributed by atoms with Gasteiger partial charge in [0.05, 0.1) is 32.1 Å². The number of nitrogens with zero attached hydrogens (tertiary/aromatic N) is 4. The van der Waals surface area contributed by atoms with Gasteiger partial charge in [-0.05, 0) is 23.8 Å². The number of halogens is 1. The topological polar surface area (TPSA) is 134 Å². The van der Waals surface area contributed by atoms with Crippen LogP contribution in [0, 0.1) is 5.41 Å². The van der Waals surface area contributed by atoms with Crippen LogP contribution in [-0.4, -0.2) is 38.7 Å². The van der Waals surface area contributed by atoms with E-state index in [9.17, 15) is 9.00 Å². The summed E-state index contributed by atoms with van der Waals surface area (Å²) in [6.07, 6.45) is 2.90. The van der Waals surface area contributed by atoms with Crippen molar-refractivity contribution in [2.75, 3.05) is 19.0 Å². The molecule has 1 atom stereocenters. The van der Waals surface area contributed by atoms with Crippen molar-refractivity contribution in [3.05, 3.63) is 47.7 Å². The number of nitrogens with two attached hydrogens (primary N) is 1. The average Bonchev–Trinajstić information content (AvgIpc) is 3.16. The largest absolute Gasteiger partial charge is 0.481 e. The molecule has 0 saturated heterocycles. The molecule has 0 aliphatic carbocycles. The van der Waals surface area contributed by atoms with Gasteiger partial charge in [-0.3, -0.25) is 0 Å². The Kier molecular flexibility index (Phi) is 6.04. The van der Waals surface area contributed by atoms with E-state index in [0.29, 0.717) is 35.3 Å². The van der Waals surface area contributed by atoms with Gasteiger partial charge in [-0.2, -0.15) is 5.10 Å². The Labute approximate surface area is 196 Å². The quantitative estimate of drug-likeness (QED) is 0.568. The number of methoxy groups -OCH3 is 1. The fourth-order valence-corrected chi connectivity index (χ4v) is 4.58. The van der Waals surface area contributed by atoms with Crippen LogP contribution < -0.4 is 19.9 Å². The molecule has 1 aliphatic rings. The van der Waals surface area contributed by atoms with Gasteiger partial charge in [0.1, 0.15) is 4.90 Å². The first-order valence-electron chi connectivity index (χ1n) is 9.92. The van der Waals surface area contributed by atoms with Crippen LogP contribution in [0.3, 0.4) is 0 Å². The molecule has 0 bridgehead atoms. The van der Waals surface area contributed by atoms with E-state index < -0.39 is 15.9 Å². The van der Waals surface area contributed by atoms with Crippen LogP contribution in [0.4, 0.5) is 10.5 Å². The smallest absolute Gasteiger partial charge is 0.354 e. The molecule has 0 spiro atoms. The third-order valence-electron chi connectivity index (χ3n) is 4.95. The molecular formula is C21H23ClN6O4S. The average molecular weight is 491 g/mol. The molecular weight excluding hydrogens is 468 g/mol. The first kappa shape index (κ1) is 23.0. The molecule has 2 aromatic heterocycles. The molecule has 4 rings (SSSR count). The number of carbonyl (C=O) groups is 1. The van der Waals surface area contributed by atoms with Crippen molar-refractivity contribution in [2.45, 2.75) is 25.3 Å². The van der Waals surface area contributed by atoms with Crippen molar-refractivity contribution in [2.24, 2.45) is 14.9 Å². The van der Waals surface area contributed by atoms with Crippen LogP contribution in [0.1, 0.15) is 13.8 Å². The summed E-state index contributed by atoms with van der Waals surface area (Å²) in [6.45, 7) is 5.01. The fraction of sp³-hybridized carbons (Fsp3) is 0.286. The molecule has 33 heavy (non-hydrogen) atoms. The molecule has 2 amide bonds. The Bertz CT molecular complexity index is 1350. The summed E-state index contributed by atoms with van der Waals surface area (Å²) in [4.78, 5) is 16.9. The second-order valence-corrected chi connectivity index (χ2v) is 10.5. The highest BCUT2D eigenvalue weighted by Gasteiger charge is 2.32. The van der Waals surface area contributed by atoms with Crippen LogP contribution >= 0.6 is 11.6 Å². The lowest BCUT2D eigenvalue weighted by Crippen LogP contribution is -2.33. The molecule has 0 unspecified atom stereocenters. The van der Waals surface area contributed by atoms with Gasteiger partial charge in [0.25, 0.3) is 0 Å². The standard InChI is InChI=1S/C21H23ClN6O4S/c1-21(2)11-28-19(32-12-21)17(10-25-28)33(23,30)27-20(29)26-16-9-14(22)4-5-15(16)13-6-7-24-18(8-13)31-3/h4-10H,11-12H2,1-3H3,(H3,23,26,27,29,30)/t33-/m0/s1. The second kappa shape index (κ2) is 8.65. The van der Waals surface area contributed by atoms with E-state index in [4.69, 9.17) is 26.2 Å². The normalized spacial score (nSPS) is 16.2. The van der Waals surface area contributed by atoms with Gasteiger partial charge in [0, 0.05) is 28.3 Å². The van der Waals surface area contributed by atoms with Crippen LogP contribution in [0.5, 0.6) is 11.8 Å². The van der Waals surface area contributed by atoms with Gasteiger partial charge in [0.15, 0.2) is 9.92 Å². The summed E-state index contributed by atoms with van der Waals surface area (Å²) in [5.74, 6) is 0.661. The Balaban J connectivity index is 1.65. The van der Waals surface area contributed by atoms with Crippen molar-refractivity contribution >= 4 is 33.2 Å². The maximum absolute atomic E-state index is 13.2. The number of nitrogens with one attached hydrogen (secondary N) is 1. The lowest BCUT2D eigenvalue weighted by molar-refractivity contribution is 0.0972. The lowest BCUT2D eigenvalue weighted by atomic mass is 9.94. The first-order chi connectivity index (χ1) is 15.6. The predicted octanol–water partition coefficient (Wildman–Crippen LogP) is 3.96. The van der Waals surface area contributed by atoms with Crippen molar-refractivity contribution in [1.29, 1.82) is 0 Å². The fourth-order valence-electron chi connectivity index (χ4n) is 3.40. The predicted molar refractivity (Wildman–Crippen MR) is 125 cm³/mol. The third kappa shape index (κ3) is 4.95. The molecule has 174 valence electrons. The number of rotatable bonds is 4. The first-order valence-corrected chi connectivity index (χ1v) is 11.9. The van der Waals surface area contributed by atoms with E-state index in [1.165, 1.54) is 13.3 Å². The number of amides is 2. The molecule has 3 heterocycles. The van der Waals surface area contributed by atoms with Gasteiger partial charge in [-0.15, -0.1) is 4.36 Å². The van der Waals surface area contributed by atoms with Crippen LogP contribution in [0.2, 0.25) is 5.02 Å². The molecule has 0 radical (unpaired) electrons. The summed E-state index contributed by atoms with van der Waals surface area (Å²) >= 11 is 6.14. The zero-order valence-electron chi connectivity index (χ0n) is 18.2. The van der Waals surface area contributed by atoms with Gasteiger partial charge < -0.3 is 14.8 Å². The molecule has 1 aromatic carbocycles. The molecule has 0 saturated carbocycles. The summed E-state index contributed by atoms with van der Waals surface area (Å²) in [6, 6.07) is 7.53. The van der Waals surface area contributed by atoms with E-state index >= 15 is 0 Å². The SMILES string of the molecule is COc1cc(-c2ccc(Cl)cc2NC(=O)N=[S@](N)(=O)c2cnn3c2OCC(C)(C)C3)ccn1. The van der Waals surface area contributed by atoms with Crippen LogP contribution in [-0.2, 0) is 16.5 Å². The number of pyridine rings is 1. The van der Waals surface area contributed by atoms with Gasteiger partial charge >= 0.3 is 6.03 Å². The third-order valence-corrected chi connectivity index (χ3v) is 6.53. The molecule has 1 aliphatic heterocycles. The number of anilines is 1. The number of fused-ring (bicyclic) bond motifs is 1. The Morgan fingerprint density at radius 3 is 2.91 bits per heavy atom. The van der Waals surface area contributed by atoms with E-state index in [-0.39, 0.29) is 16.2 Å². The number of aromatic nitrogens is 3. The van der Waals surface area contributed by atoms with E-state index in [1.54, 1.807) is 41.2 Å². The summed E-state index contributed by atoms with van der Waals surface area (Å²) < 4.78 is 29.4. The number of hydrogen-bond acceptors (Lipinski definition) is 6. The van der Waals surface area contributed by atoms with Crippen molar-refractivity contribution in [3.63, 3.8) is 0 Å².